The molecule has 0 unspecified atom stereocenters. The number of carboxylic acid groups (broad SMARTS) is 1. The highest BCUT2D eigenvalue weighted by Crippen LogP contribution is 2.19. The number of benzene rings is 1. The third-order valence-corrected chi connectivity index (χ3v) is 4.09. The van der Waals surface area contributed by atoms with E-state index in [1.54, 1.807) is 58.9 Å². The van der Waals surface area contributed by atoms with Gasteiger partial charge in [-0.1, -0.05) is 44.2 Å². The second-order valence-corrected chi connectivity index (χ2v) is 8.47. The van der Waals surface area contributed by atoms with Gasteiger partial charge in [-0.25, -0.2) is 14.5 Å². The van der Waals surface area contributed by atoms with Gasteiger partial charge in [-0.2, -0.15) is 0 Å². The van der Waals surface area contributed by atoms with Gasteiger partial charge >= 0.3 is 12.1 Å². The lowest BCUT2D eigenvalue weighted by Crippen LogP contribution is -2.57. The molecule has 0 aliphatic carbocycles. The number of amides is 2. The Morgan fingerprint density at radius 3 is 2.14 bits per heavy atom. The Morgan fingerprint density at radius 1 is 1.14 bits per heavy atom. The highest BCUT2D eigenvalue weighted by Gasteiger charge is 2.41. The van der Waals surface area contributed by atoms with Gasteiger partial charge < -0.3 is 20.7 Å². The van der Waals surface area contributed by atoms with Crippen LogP contribution in [0.2, 0.25) is 0 Å². The molecule has 0 aliphatic rings. The number of aliphatic carboxylic acids is 1. The van der Waals surface area contributed by atoms with Crippen LogP contribution >= 0.6 is 0 Å². The molecule has 4 N–H and O–H groups in total. The van der Waals surface area contributed by atoms with Crippen LogP contribution in [0.1, 0.15) is 46.6 Å². The van der Waals surface area contributed by atoms with Crippen molar-refractivity contribution in [1.82, 2.24) is 4.90 Å². The molecule has 0 bridgehead atoms. The Kier molecular flexibility index (Phi) is 8.79. The number of nitrogens with zero attached hydrogens (tertiary/aromatic N) is 1. The zero-order valence-corrected chi connectivity index (χ0v) is 17.7. The molecule has 0 radical (unpaired) electrons. The van der Waals surface area contributed by atoms with E-state index in [2.05, 4.69) is 0 Å². The maximum absolute atomic E-state index is 13.0. The number of ether oxygens (including phenoxy) is 1. The van der Waals surface area contributed by atoms with Gasteiger partial charge in [0, 0.05) is 6.04 Å². The van der Waals surface area contributed by atoms with Crippen molar-refractivity contribution in [2.75, 3.05) is 0 Å². The molecule has 1 aromatic carbocycles. The number of hydrogen-bond donors (Lipinski definition) is 3. The Bertz CT molecular complexity index is 699. The summed E-state index contributed by atoms with van der Waals surface area (Å²) < 4.78 is 5.23. The molecule has 162 valence electrons. The van der Waals surface area contributed by atoms with Crippen molar-refractivity contribution < 1.29 is 29.3 Å². The molecule has 0 saturated carbocycles. The van der Waals surface area contributed by atoms with Crippen LogP contribution in [0.15, 0.2) is 30.3 Å². The van der Waals surface area contributed by atoms with Gasteiger partial charge in [0.15, 0.2) is 0 Å². The van der Waals surface area contributed by atoms with E-state index in [1.165, 1.54) is 0 Å². The van der Waals surface area contributed by atoms with Gasteiger partial charge in [0.1, 0.15) is 17.7 Å². The lowest BCUT2D eigenvalue weighted by molar-refractivity contribution is -0.154. The average molecular weight is 408 g/mol. The Morgan fingerprint density at radius 2 is 1.69 bits per heavy atom. The number of carbonyl (C=O) groups is 3. The van der Waals surface area contributed by atoms with Crippen molar-refractivity contribution in [2.24, 2.45) is 11.7 Å². The lowest BCUT2D eigenvalue weighted by Gasteiger charge is -2.33. The van der Waals surface area contributed by atoms with E-state index in [-0.39, 0.29) is 18.8 Å². The summed E-state index contributed by atoms with van der Waals surface area (Å²) in [7, 11) is 0. The van der Waals surface area contributed by atoms with Crippen LogP contribution in [0.5, 0.6) is 0 Å². The predicted molar refractivity (Wildman–Crippen MR) is 108 cm³/mol. The monoisotopic (exact) mass is 408 g/mol. The maximum Gasteiger partial charge on any atom is 0.417 e. The minimum atomic E-state index is -1.77. The summed E-state index contributed by atoms with van der Waals surface area (Å²) in [6.07, 6.45) is -2.70. The molecule has 29 heavy (non-hydrogen) atoms. The molecule has 8 nitrogen and oxygen atoms in total. The third kappa shape index (κ3) is 7.83. The highest BCUT2D eigenvalue weighted by molar-refractivity contribution is 5.98. The third-order valence-electron chi connectivity index (χ3n) is 4.09. The van der Waals surface area contributed by atoms with Crippen molar-refractivity contribution in [3.63, 3.8) is 0 Å². The first-order valence-electron chi connectivity index (χ1n) is 9.60. The van der Waals surface area contributed by atoms with Crippen LogP contribution in [0.4, 0.5) is 4.79 Å². The Balaban J connectivity index is 3.15. The highest BCUT2D eigenvalue weighted by atomic mass is 16.6. The predicted octanol–water partition coefficient (Wildman–Crippen LogP) is 2.18. The van der Waals surface area contributed by atoms with E-state index in [1.807, 2.05) is 6.07 Å². The molecule has 0 fully saturated rings. The van der Waals surface area contributed by atoms with Crippen LogP contribution < -0.4 is 5.73 Å². The zero-order chi connectivity index (χ0) is 22.4. The van der Waals surface area contributed by atoms with E-state index < -0.39 is 41.8 Å². The van der Waals surface area contributed by atoms with Crippen molar-refractivity contribution in [2.45, 2.75) is 71.2 Å². The minimum Gasteiger partial charge on any atom is -0.480 e. The summed E-state index contributed by atoms with van der Waals surface area (Å²) in [5.41, 5.74) is 5.84. The van der Waals surface area contributed by atoms with Crippen LogP contribution in [0, 0.1) is 5.92 Å². The van der Waals surface area contributed by atoms with E-state index >= 15 is 0 Å². The smallest absolute Gasteiger partial charge is 0.417 e. The molecule has 0 aliphatic heterocycles. The lowest BCUT2D eigenvalue weighted by atomic mass is 9.99. The van der Waals surface area contributed by atoms with Crippen molar-refractivity contribution in [3.05, 3.63) is 35.9 Å². The molecular formula is C21H32N2O6. The average Bonchev–Trinajstić information content (AvgIpc) is 2.59. The molecule has 0 spiro atoms. The summed E-state index contributed by atoms with van der Waals surface area (Å²) in [6, 6.07) is 6.51. The molecule has 1 aromatic rings. The SMILES string of the molecule is CC(C)C[C@@H](C(=O)O)N(C(=O)OC(C)(C)C)C(=O)[C@@H](O)[C@H](N)Cc1ccccc1. The standard InChI is InChI=1S/C21H32N2O6/c1-13(2)11-16(19(26)27)23(20(28)29-21(3,4)5)18(25)17(24)15(22)12-14-9-7-6-8-10-14/h6-10,13,15-17,24H,11-12,22H2,1-5H3,(H,26,27)/t15-,16+,17+/m1/s1. The van der Waals surface area contributed by atoms with Crippen LogP contribution in [0.25, 0.3) is 0 Å². The largest absolute Gasteiger partial charge is 0.480 e. The van der Waals surface area contributed by atoms with Gasteiger partial charge in [0.05, 0.1) is 0 Å². The number of aliphatic hydroxyl groups is 1. The van der Waals surface area contributed by atoms with Crippen LogP contribution in [-0.2, 0) is 20.7 Å². The normalized spacial score (nSPS) is 14.8. The molecule has 0 aromatic heterocycles. The first-order chi connectivity index (χ1) is 13.3. The molecular weight excluding hydrogens is 376 g/mol. The second-order valence-electron chi connectivity index (χ2n) is 8.47. The number of rotatable bonds is 8. The van der Waals surface area contributed by atoms with E-state index in [0.29, 0.717) is 4.90 Å². The second kappa shape index (κ2) is 10.4. The van der Waals surface area contributed by atoms with Gasteiger partial charge in [-0.3, -0.25) is 4.79 Å². The number of hydrogen-bond acceptors (Lipinski definition) is 6. The summed E-state index contributed by atoms with van der Waals surface area (Å²) in [5.74, 6) is -2.57. The quantitative estimate of drug-likeness (QED) is 0.601. The van der Waals surface area contributed by atoms with Crippen molar-refractivity contribution >= 4 is 18.0 Å². The molecule has 2 amide bonds. The molecule has 0 heterocycles. The van der Waals surface area contributed by atoms with E-state index in [9.17, 15) is 24.6 Å². The zero-order valence-electron chi connectivity index (χ0n) is 17.7. The first kappa shape index (κ1) is 24.6. The van der Waals surface area contributed by atoms with Gasteiger partial charge in [0.2, 0.25) is 0 Å². The number of aliphatic hydroxyl groups excluding tert-OH is 1. The van der Waals surface area contributed by atoms with E-state index in [4.69, 9.17) is 10.5 Å². The molecule has 0 saturated heterocycles. The number of nitrogens with two attached hydrogens (primary N) is 1. The van der Waals surface area contributed by atoms with Gasteiger partial charge in [-0.15, -0.1) is 0 Å². The molecule has 3 atom stereocenters. The number of carboxylic acids is 1. The van der Waals surface area contributed by atoms with Crippen LogP contribution in [-0.4, -0.2) is 56.9 Å². The van der Waals surface area contributed by atoms with Crippen molar-refractivity contribution in [3.8, 4) is 0 Å². The van der Waals surface area contributed by atoms with Crippen molar-refractivity contribution in [1.29, 1.82) is 0 Å². The summed E-state index contributed by atoms with van der Waals surface area (Å²) in [5, 5.41) is 20.1. The molecule has 8 heteroatoms. The maximum atomic E-state index is 13.0. The summed E-state index contributed by atoms with van der Waals surface area (Å²) in [6.45, 7) is 8.34. The van der Waals surface area contributed by atoms with Crippen LogP contribution in [0.3, 0.4) is 0 Å². The first-order valence-corrected chi connectivity index (χ1v) is 9.60. The Labute approximate surface area is 171 Å². The number of imide groups is 1. The van der Waals surface area contributed by atoms with Gasteiger partial charge in [-0.05, 0) is 45.1 Å². The van der Waals surface area contributed by atoms with Gasteiger partial charge in [0.25, 0.3) is 5.91 Å². The fourth-order valence-corrected chi connectivity index (χ4v) is 2.77. The number of carbonyl (C=O) groups excluding carboxylic acids is 2. The minimum absolute atomic E-state index is 0.0148. The summed E-state index contributed by atoms with van der Waals surface area (Å²) in [4.78, 5) is 38.0. The fraction of sp³-hybridized carbons (Fsp3) is 0.571. The fourth-order valence-electron chi connectivity index (χ4n) is 2.77. The topological polar surface area (TPSA) is 130 Å². The van der Waals surface area contributed by atoms with E-state index in [0.717, 1.165) is 5.56 Å². The summed E-state index contributed by atoms with van der Waals surface area (Å²) >= 11 is 0. The molecule has 1 rings (SSSR count). The Hall–Kier alpha value is -2.45.